The van der Waals surface area contributed by atoms with Gasteiger partial charge in [-0.2, -0.15) is 12.6 Å². The number of fused-ring (bicyclic) bond motifs is 7. The fourth-order valence-corrected chi connectivity index (χ4v) is 6.32. The number of benzene rings is 1. The third kappa shape index (κ3) is 6.37. The molecule has 5 rings (SSSR count). The van der Waals surface area contributed by atoms with E-state index in [1.165, 1.54) is 23.9 Å². The van der Waals surface area contributed by atoms with Crippen molar-refractivity contribution < 1.29 is 22.9 Å². The number of aromatic nitrogens is 3. The van der Waals surface area contributed by atoms with E-state index in [4.69, 9.17) is 14.6 Å². The molecule has 232 valence electrons. The Hall–Kier alpha value is -2.90. The molecule has 2 aliphatic rings. The van der Waals surface area contributed by atoms with Crippen LogP contribution in [-0.4, -0.2) is 75.2 Å². The van der Waals surface area contributed by atoms with Gasteiger partial charge in [-0.1, -0.05) is 19.9 Å². The summed E-state index contributed by atoms with van der Waals surface area (Å²) in [6, 6.07) is 4.19. The lowest BCUT2D eigenvalue weighted by Gasteiger charge is -2.33. The van der Waals surface area contributed by atoms with E-state index in [9.17, 15) is 18.2 Å². The number of rotatable bonds is 2. The first-order chi connectivity index (χ1) is 20.3. The molecule has 1 aromatic carbocycles. The fourth-order valence-electron chi connectivity index (χ4n) is 5.28. The molecular formula is C29H42FN5O5S2. The largest absolute Gasteiger partial charge is 0.493 e. The Bertz CT molecular complexity index is 1490. The smallest absolute Gasteiger partial charge is 0.280 e. The van der Waals surface area contributed by atoms with Gasteiger partial charge in [-0.25, -0.2) is 13.3 Å². The van der Waals surface area contributed by atoms with Crippen molar-refractivity contribution in [1.82, 2.24) is 19.2 Å². The Morgan fingerprint density at radius 2 is 1.90 bits per heavy atom. The minimum absolute atomic E-state index is 0.0372. The van der Waals surface area contributed by atoms with Gasteiger partial charge in [0.25, 0.3) is 11.5 Å². The summed E-state index contributed by atoms with van der Waals surface area (Å²) in [6.45, 7) is 9.52. The predicted molar refractivity (Wildman–Crippen MR) is 169 cm³/mol. The second-order valence-corrected chi connectivity index (χ2v) is 11.2. The molecule has 0 N–H and O–H groups in total. The van der Waals surface area contributed by atoms with E-state index >= 15 is 0 Å². The van der Waals surface area contributed by atoms with Crippen molar-refractivity contribution in [2.75, 3.05) is 50.2 Å². The van der Waals surface area contributed by atoms with Crippen molar-refractivity contribution in [2.24, 2.45) is 0 Å². The van der Waals surface area contributed by atoms with Gasteiger partial charge in [0.1, 0.15) is 27.7 Å². The molecule has 1 amide bonds. The lowest BCUT2D eigenvalue weighted by atomic mass is 10.1. The minimum atomic E-state index is -1.45. The van der Waals surface area contributed by atoms with Crippen LogP contribution in [0.2, 0.25) is 0 Å². The molecule has 0 radical (unpaired) electrons. The number of halogens is 1. The van der Waals surface area contributed by atoms with Gasteiger partial charge in [0.2, 0.25) is 0 Å². The fraction of sp³-hybridized carbons (Fsp3) is 0.552. The van der Waals surface area contributed by atoms with Gasteiger partial charge in [0, 0.05) is 38.5 Å². The number of likely N-dealkylation sites (N-methyl/N-ethyl adjacent to an activating group) is 1. The molecule has 0 spiro atoms. The average Bonchev–Trinajstić information content (AvgIpc) is 3.37. The molecule has 42 heavy (non-hydrogen) atoms. The zero-order valence-corrected chi connectivity index (χ0v) is 27.2. The first-order valence-electron chi connectivity index (χ1n) is 14.2. The molecule has 13 heteroatoms. The molecule has 0 saturated carbocycles. The highest BCUT2D eigenvalue weighted by Crippen LogP contribution is 2.40. The summed E-state index contributed by atoms with van der Waals surface area (Å²) in [5.74, 6) is 0.248. The number of hydrogen-bond acceptors (Lipinski definition) is 7. The Labute approximate surface area is 254 Å². The summed E-state index contributed by atoms with van der Waals surface area (Å²) < 4.78 is 43.6. The lowest BCUT2D eigenvalue weighted by Crippen LogP contribution is -2.42. The maximum Gasteiger partial charge on any atom is 0.280 e. The van der Waals surface area contributed by atoms with Gasteiger partial charge in [-0.15, -0.1) is 5.10 Å². The van der Waals surface area contributed by atoms with E-state index in [0.29, 0.717) is 60.8 Å². The quantitative estimate of drug-likeness (QED) is 0.425. The first kappa shape index (κ1) is 33.6. The molecule has 0 fully saturated rings. The SMILES string of the molecule is CC.CCN1C[C@H](C)n2c(c(OC)c3c(=O)n4nc(c32)N(C)S(=O)CCCCOCc2cc(F)ccc2C4)C1=O.CS. The van der Waals surface area contributed by atoms with Crippen molar-refractivity contribution in [3.63, 3.8) is 0 Å². The van der Waals surface area contributed by atoms with Gasteiger partial charge in [0.15, 0.2) is 17.3 Å². The Kier molecular flexibility index (Phi) is 12.0. The number of carbonyl (C=O) groups is 1. The standard InChI is InChI=1S/C26H32FN5O5S.C2H6.CH4S/c1-5-30-13-16(2)32-21-20(23(36-4)22(32)26(30)34)25(33)31-14-17-8-9-19(27)12-18(17)15-37-10-6-7-11-38(35)29(3)24(21)28-31;2*1-2/h8-9,12,16H,5-7,10-11,13-15H2,1-4H3;1-2H3;2H,1H3/t16-,38?;;/m0../s1. The van der Waals surface area contributed by atoms with E-state index in [0.717, 1.165) is 0 Å². The van der Waals surface area contributed by atoms with Crippen LogP contribution >= 0.6 is 12.6 Å². The Morgan fingerprint density at radius 1 is 1.19 bits per heavy atom. The highest BCUT2D eigenvalue weighted by Gasteiger charge is 2.38. The van der Waals surface area contributed by atoms with E-state index in [1.807, 2.05) is 32.3 Å². The molecule has 0 saturated heterocycles. The number of thiol groups is 1. The second-order valence-electron chi connectivity index (χ2n) is 9.65. The van der Waals surface area contributed by atoms with E-state index in [1.54, 1.807) is 28.6 Å². The maximum atomic E-state index is 14.1. The molecule has 4 heterocycles. The third-order valence-electron chi connectivity index (χ3n) is 7.24. The van der Waals surface area contributed by atoms with Crippen molar-refractivity contribution in [2.45, 2.75) is 59.7 Å². The molecule has 0 aliphatic carbocycles. The van der Waals surface area contributed by atoms with Crippen LogP contribution in [0.15, 0.2) is 23.0 Å². The van der Waals surface area contributed by atoms with E-state index in [-0.39, 0.29) is 41.9 Å². The molecule has 3 aromatic rings. The van der Waals surface area contributed by atoms with Crippen LogP contribution < -0.4 is 14.6 Å². The molecule has 2 atom stereocenters. The summed E-state index contributed by atoms with van der Waals surface area (Å²) in [4.78, 5) is 29.2. The van der Waals surface area contributed by atoms with Crippen LogP contribution in [0.3, 0.4) is 0 Å². The van der Waals surface area contributed by atoms with Crippen LogP contribution in [0.1, 0.15) is 68.2 Å². The maximum absolute atomic E-state index is 14.1. The molecule has 2 aromatic heterocycles. The Morgan fingerprint density at radius 3 is 2.57 bits per heavy atom. The summed E-state index contributed by atoms with van der Waals surface area (Å²) in [5, 5.41) is 4.91. The summed E-state index contributed by atoms with van der Waals surface area (Å²) >= 11 is 3.53. The predicted octanol–water partition coefficient (Wildman–Crippen LogP) is 4.41. The van der Waals surface area contributed by atoms with Crippen LogP contribution in [0.25, 0.3) is 10.9 Å². The molecule has 2 aliphatic heterocycles. The van der Waals surface area contributed by atoms with Crippen molar-refractivity contribution in [1.29, 1.82) is 0 Å². The average molecular weight is 624 g/mol. The number of anilines is 1. The second kappa shape index (κ2) is 15.0. The topological polar surface area (TPSA) is 98.9 Å². The number of hydrogen-bond donors (Lipinski definition) is 1. The van der Waals surface area contributed by atoms with Gasteiger partial charge >= 0.3 is 0 Å². The van der Waals surface area contributed by atoms with Gasteiger partial charge in [-0.3, -0.25) is 13.9 Å². The van der Waals surface area contributed by atoms with Crippen LogP contribution in [0.5, 0.6) is 5.75 Å². The first-order valence-corrected chi connectivity index (χ1v) is 16.4. The Balaban J connectivity index is 0.00000116. The number of amides is 1. The van der Waals surface area contributed by atoms with Gasteiger partial charge in [0.05, 0.1) is 20.3 Å². The van der Waals surface area contributed by atoms with Gasteiger partial charge < -0.3 is 18.9 Å². The van der Waals surface area contributed by atoms with Crippen LogP contribution in [0, 0.1) is 5.82 Å². The molecule has 10 nitrogen and oxygen atoms in total. The molecule has 1 unspecified atom stereocenters. The highest BCUT2D eigenvalue weighted by molar-refractivity contribution is 7.86. The minimum Gasteiger partial charge on any atom is -0.493 e. The van der Waals surface area contributed by atoms with Gasteiger partial charge in [-0.05, 0) is 56.2 Å². The molecule has 2 bridgehead atoms. The van der Waals surface area contributed by atoms with E-state index < -0.39 is 22.4 Å². The van der Waals surface area contributed by atoms with Crippen molar-refractivity contribution in [3.05, 3.63) is 51.2 Å². The zero-order valence-electron chi connectivity index (χ0n) is 25.5. The zero-order chi connectivity index (χ0) is 31.1. The summed E-state index contributed by atoms with van der Waals surface area (Å²) in [5.41, 5.74) is 1.57. The van der Waals surface area contributed by atoms with E-state index in [2.05, 4.69) is 12.6 Å². The van der Waals surface area contributed by atoms with Crippen molar-refractivity contribution >= 4 is 46.2 Å². The number of methoxy groups -OCH3 is 1. The monoisotopic (exact) mass is 623 g/mol. The third-order valence-corrected chi connectivity index (χ3v) is 8.67. The normalized spacial score (nSPS) is 19.0. The highest BCUT2D eigenvalue weighted by atomic mass is 32.2. The van der Waals surface area contributed by atoms with Crippen LogP contribution in [0.4, 0.5) is 10.2 Å². The number of carbonyl (C=O) groups excluding carboxylic acids is 1. The summed E-state index contributed by atoms with van der Waals surface area (Å²) in [7, 11) is 1.67. The number of nitrogens with zero attached hydrogens (tertiary/aromatic N) is 5. The van der Waals surface area contributed by atoms with Crippen molar-refractivity contribution in [3.8, 4) is 5.75 Å². The summed E-state index contributed by atoms with van der Waals surface area (Å²) in [6.07, 6.45) is 3.03. The number of ether oxygens (including phenoxy) is 2. The lowest BCUT2D eigenvalue weighted by molar-refractivity contribution is 0.0685. The molecular weight excluding hydrogens is 581 g/mol. The van der Waals surface area contributed by atoms with Crippen LogP contribution in [-0.2, 0) is 28.9 Å².